The number of rotatable bonds is 6. The number of imidazole rings is 1. The van der Waals surface area contributed by atoms with Crippen LogP contribution in [0.5, 0.6) is 0 Å². The highest BCUT2D eigenvalue weighted by atomic mass is 16.1. The van der Waals surface area contributed by atoms with Crippen molar-refractivity contribution in [2.75, 3.05) is 19.3 Å². The molecular formula is C24H28N8O. The molecule has 0 aliphatic carbocycles. The molecule has 5 heterocycles. The highest BCUT2D eigenvalue weighted by Crippen LogP contribution is 2.28. The highest BCUT2D eigenvalue weighted by molar-refractivity contribution is 5.99. The van der Waals surface area contributed by atoms with Crippen LogP contribution in [0.25, 0.3) is 22.7 Å². The first-order chi connectivity index (χ1) is 15.9. The summed E-state index contributed by atoms with van der Waals surface area (Å²) in [4.78, 5) is 29.2. The van der Waals surface area contributed by atoms with Gasteiger partial charge in [-0.15, -0.1) is 0 Å². The summed E-state index contributed by atoms with van der Waals surface area (Å²) in [6, 6.07) is 6.18. The number of pyridine rings is 1. The minimum atomic E-state index is -0.0790. The minimum Gasteiger partial charge on any atom is -0.382 e. The fraction of sp³-hybridized carbons (Fsp3) is 0.375. The molecule has 0 amide bonds. The van der Waals surface area contributed by atoms with Gasteiger partial charge >= 0.3 is 0 Å². The Balaban J connectivity index is 1.57. The lowest BCUT2D eigenvalue weighted by Crippen LogP contribution is -2.25. The van der Waals surface area contributed by atoms with E-state index in [2.05, 4.69) is 27.0 Å². The maximum absolute atomic E-state index is 13.2. The SMILES string of the molecule is Cc1ccn(-c2nc(N)c(C(=O)CC[C@H]3CCCN3C)nc2-c2ccc3ncc(C)n3c2)n1. The third-order valence-corrected chi connectivity index (χ3v) is 6.45. The van der Waals surface area contributed by atoms with Crippen molar-refractivity contribution in [3.8, 4) is 17.1 Å². The molecule has 0 saturated carbocycles. The van der Waals surface area contributed by atoms with E-state index < -0.39 is 0 Å². The van der Waals surface area contributed by atoms with E-state index in [1.54, 1.807) is 4.68 Å². The van der Waals surface area contributed by atoms with Crippen molar-refractivity contribution in [2.24, 2.45) is 0 Å². The molecule has 33 heavy (non-hydrogen) atoms. The van der Waals surface area contributed by atoms with Crippen LogP contribution in [0.2, 0.25) is 0 Å². The number of likely N-dealkylation sites (tertiary alicyclic amines) is 1. The number of Topliss-reactive ketones (excluding diaryl/α,β-unsaturated/α-hetero) is 1. The van der Waals surface area contributed by atoms with Crippen LogP contribution in [0.4, 0.5) is 5.82 Å². The third kappa shape index (κ3) is 4.00. The van der Waals surface area contributed by atoms with Crippen molar-refractivity contribution in [1.82, 2.24) is 34.0 Å². The van der Waals surface area contributed by atoms with Gasteiger partial charge in [0.15, 0.2) is 17.4 Å². The molecule has 1 fully saturated rings. The van der Waals surface area contributed by atoms with E-state index in [4.69, 9.17) is 10.7 Å². The molecule has 170 valence electrons. The van der Waals surface area contributed by atoms with E-state index in [1.165, 1.54) is 6.42 Å². The number of nitrogens with two attached hydrogens (primary N) is 1. The zero-order chi connectivity index (χ0) is 23.1. The fourth-order valence-electron chi connectivity index (χ4n) is 4.53. The first kappa shape index (κ1) is 21.3. The van der Waals surface area contributed by atoms with Gasteiger partial charge in [-0.05, 0) is 64.9 Å². The van der Waals surface area contributed by atoms with Gasteiger partial charge in [-0.2, -0.15) is 5.10 Å². The maximum atomic E-state index is 13.2. The Morgan fingerprint density at radius 2 is 2.06 bits per heavy atom. The van der Waals surface area contributed by atoms with E-state index in [0.29, 0.717) is 24.0 Å². The van der Waals surface area contributed by atoms with Crippen LogP contribution >= 0.6 is 0 Å². The quantitative estimate of drug-likeness (QED) is 0.455. The van der Waals surface area contributed by atoms with E-state index in [1.807, 2.05) is 55.0 Å². The van der Waals surface area contributed by atoms with Crippen molar-refractivity contribution < 1.29 is 4.79 Å². The lowest BCUT2D eigenvalue weighted by atomic mass is 10.0. The normalized spacial score (nSPS) is 16.6. The smallest absolute Gasteiger partial charge is 0.185 e. The topological polar surface area (TPSA) is 107 Å². The molecule has 1 aliphatic rings. The molecule has 0 unspecified atom stereocenters. The van der Waals surface area contributed by atoms with Gasteiger partial charge in [0.05, 0.1) is 5.69 Å². The number of anilines is 1. The van der Waals surface area contributed by atoms with Gasteiger partial charge < -0.3 is 15.0 Å². The molecule has 0 spiro atoms. The summed E-state index contributed by atoms with van der Waals surface area (Å²) in [6.45, 7) is 4.98. The molecule has 1 atom stereocenters. The monoisotopic (exact) mass is 444 g/mol. The van der Waals surface area contributed by atoms with Crippen molar-refractivity contribution in [3.63, 3.8) is 0 Å². The Bertz CT molecular complexity index is 1340. The van der Waals surface area contributed by atoms with Crippen LogP contribution in [0.1, 0.15) is 47.6 Å². The number of nitrogen functional groups attached to an aromatic ring is 1. The zero-order valence-electron chi connectivity index (χ0n) is 19.2. The molecule has 0 aromatic carbocycles. The summed E-state index contributed by atoms with van der Waals surface area (Å²) in [5.74, 6) is 0.543. The predicted molar refractivity (Wildman–Crippen MR) is 126 cm³/mol. The highest BCUT2D eigenvalue weighted by Gasteiger charge is 2.24. The van der Waals surface area contributed by atoms with Gasteiger partial charge in [0.2, 0.25) is 0 Å². The van der Waals surface area contributed by atoms with Gasteiger partial charge in [0.1, 0.15) is 17.0 Å². The number of ketones is 1. The van der Waals surface area contributed by atoms with Crippen LogP contribution in [-0.4, -0.2) is 59.5 Å². The lowest BCUT2D eigenvalue weighted by molar-refractivity contribution is 0.0966. The Hall–Kier alpha value is -3.59. The largest absolute Gasteiger partial charge is 0.382 e. The van der Waals surface area contributed by atoms with Crippen LogP contribution in [0, 0.1) is 13.8 Å². The van der Waals surface area contributed by atoms with Crippen molar-refractivity contribution in [3.05, 3.63) is 53.9 Å². The number of carbonyl (C=O) groups excluding carboxylic acids is 1. The molecular weight excluding hydrogens is 416 g/mol. The molecule has 1 saturated heterocycles. The van der Waals surface area contributed by atoms with Gasteiger partial charge in [-0.3, -0.25) is 4.79 Å². The summed E-state index contributed by atoms with van der Waals surface area (Å²) >= 11 is 0. The number of aromatic nitrogens is 6. The van der Waals surface area contributed by atoms with Crippen molar-refractivity contribution >= 4 is 17.2 Å². The second kappa shape index (κ2) is 8.40. The van der Waals surface area contributed by atoms with Crippen LogP contribution in [-0.2, 0) is 0 Å². The Morgan fingerprint density at radius 3 is 2.79 bits per heavy atom. The number of carbonyl (C=O) groups is 1. The summed E-state index contributed by atoms with van der Waals surface area (Å²) in [5.41, 5.74) is 10.5. The van der Waals surface area contributed by atoms with E-state index >= 15 is 0 Å². The Morgan fingerprint density at radius 1 is 1.21 bits per heavy atom. The summed E-state index contributed by atoms with van der Waals surface area (Å²) in [7, 11) is 2.11. The number of aryl methyl sites for hydroxylation is 2. The number of fused-ring (bicyclic) bond motifs is 1. The molecule has 0 radical (unpaired) electrons. The fourth-order valence-corrected chi connectivity index (χ4v) is 4.53. The van der Waals surface area contributed by atoms with E-state index in [9.17, 15) is 4.79 Å². The average Bonchev–Trinajstić information content (AvgIpc) is 3.52. The van der Waals surface area contributed by atoms with Gasteiger partial charge in [-0.1, -0.05) is 0 Å². The minimum absolute atomic E-state index is 0.0790. The average molecular weight is 445 g/mol. The Kier molecular flexibility index (Phi) is 5.41. The molecule has 5 rings (SSSR count). The van der Waals surface area contributed by atoms with Gasteiger partial charge in [0, 0.05) is 42.3 Å². The first-order valence-electron chi connectivity index (χ1n) is 11.3. The van der Waals surface area contributed by atoms with Crippen LogP contribution in [0.15, 0.2) is 36.8 Å². The summed E-state index contributed by atoms with van der Waals surface area (Å²) < 4.78 is 3.64. The number of nitrogens with zero attached hydrogens (tertiary/aromatic N) is 7. The van der Waals surface area contributed by atoms with Crippen molar-refractivity contribution in [1.29, 1.82) is 0 Å². The summed E-state index contributed by atoms with van der Waals surface area (Å²) in [5, 5.41) is 4.50. The molecule has 2 N–H and O–H groups in total. The maximum Gasteiger partial charge on any atom is 0.185 e. The Labute approximate surface area is 192 Å². The standard InChI is InChI=1S/C24H28N8O/c1-15-10-12-32(29-15)24-21(17-6-9-20-26-13-16(2)31(20)14-17)27-22(23(25)28-24)19(33)8-7-18-5-4-11-30(18)3/h6,9-10,12-14,18H,4-5,7-8,11H2,1-3H3,(H2,25,28)/t18-/m1/s1. The van der Waals surface area contributed by atoms with Crippen LogP contribution in [0.3, 0.4) is 0 Å². The number of hydrogen-bond donors (Lipinski definition) is 1. The second-order valence-electron chi connectivity index (χ2n) is 8.82. The molecule has 4 aromatic heterocycles. The zero-order valence-corrected chi connectivity index (χ0v) is 19.2. The molecule has 1 aliphatic heterocycles. The number of hydrogen-bond acceptors (Lipinski definition) is 7. The van der Waals surface area contributed by atoms with Crippen molar-refractivity contribution in [2.45, 2.75) is 45.6 Å². The predicted octanol–water partition coefficient (Wildman–Crippen LogP) is 3.23. The lowest BCUT2D eigenvalue weighted by Gasteiger charge is -2.19. The molecule has 4 aromatic rings. The second-order valence-corrected chi connectivity index (χ2v) is 8.82. The molecule has 9 heteroatoms. The molecule has 9 nitrogen and oxygen atoms in total. The van der Waals surface area contributed by atoms with Gasteiger partial charge in [-0.25, -0.2) is 19.6 Å². The third-order valence-electron chi connectivity index (χ3n) is 6.45. The van der Waals surface area contributed by atoms with Gasteiger partial charge in [0.25, 0.3) is 0 Å². The summed E-state index contributed by atoms with van der Waals surface area (Å²) in [6.07, 6.45) is 9.09. The molecule has 0 bridgehead atoms. The van der Waals surface area contributed by atoms with Crippen LogP contribution < -0.4 is 5.73 Å². The van der Waals surface area contributed by atoms with E-state index in [0.717, 1.165) is 42.0 Å². The van der Waals surface area contributed by atoms with E-state index in [-0.39, 0.29) is 17.3 Å². The first-order valence-corrected chi connectivity index (χ1v) is 11.3.